The standard InChI is InChI=1S/C14H18N4S/c1-4-11-5-7-12(8-6-11)15-14(19)16-13-9(2)17-18-10(13)3/h5-8H,4H2,1-3H3,(H,17,18)(H2,15,16,19). The number of thiocarbonyl (C=S) groups is 1. The Balaban J connectivity index is 2.01. The predicted octanol–water partition coefficient (Wildman–Crippen LogP) is 3.40. The predicted molar refractivity (Wildman–Crippen MR) is 83.7 cm³/mol. The SMILES string of the molecule is CCc1ccc(NC(=S)Nc2c(C)n[nH]c2C)cc1. The molecule has 1 aromatic carbocycles. The topological polar surface area (TPSA) is 52.7 Å². The minimum absolute atomic E-state index is 0.567. The van der Waals surface area contributed by atoms with E-state index in [2.05, 4.69) is 39.9 Å². The van der Waals surface area contributed by atoms with Crippen LogP contribution in [0, 0.1) is 13.8 Å². The van der Waals surface area contributed by atoms with E-state index in [1.165, 1.54) is 5.56 Å². The summed E-state index contributed by atoms with van der Waals surface area (Å²) in [5, 5.41) is 13.9. The van der Waals surface area contributed by atoms with Crippen molar-refractivity contribution >= 4 is 28.7 Å². The minimum Gasteiger partial charge on any atom is -0.332 e. The van der Waals surface area contributed by atoms with Gasteiger partial charge in [0.25, 0.3) is 0 Å². The molecule has 0 aliphatic rings. The van der Waals surface area contributed by atoms with E-state index in [1.807, 2.05) is 26.0 Å². The number of benzene rings is 1. The van der Waals surface area contributed by atoms with Crippen molar-refractivity contribution in [2.45, 2.75) is 27.2 Å². The van der Waals surface area contributed by atoms with Crippen LogP contribution >= 0.6 is 12.2 Å². The Morgan fingerprint density at radius 2 is 1.89 bits per heavy atom. The zero-order valence-electron chi connectivity index (χ0n) is 11.4. The molecule has 2 aromatic rings. The van der Waals surface area contributed by atoms with Crippen LogP contribution in [-0.4, -0.2) is 15.3 Å². The molecule has 1 aromatic heterocycles. The van der Waals surface area contributed by atoms with Gasteiger partial charge in [-0.1, -0.05) is 19.1 Å². The van der Waals surface area contributed by atoms with Crippen molar-refractivity contribution in [2.24, 2.45) is 0 Å². The van der Waals surface area contributed by atoms with E-state index in [4.69, 9.17) is 12.2 Å². The molecule has 3 N–H and O–H groups in total. The van der Waals surface area contributed by atoms with Crippen molar-refractivity contribution in [2.75, 3.05) is 10.6 Å². The van der Waals surface area contributed by atoms with Gasteiger partial charge < -0.3 is 10.6 Å². The van der Waals surface area contributed by atoms with Gasteiger partial charge in [0.1, 0.15) is 0 Å². The van der Waals surface area contributed by atoms with Crippen molar-refractivity contribution in [1.82, 2.24) is 10.2 Å². The zero-order valence-corrected chi connectivity index (χ0v) is 12.2. The van der Waals surface area contributed by atoms with Gasteiger partial charge in [0.05, 0.1) is 17.1 Å². The third-order valence-electron chi connectivity index (χ3n) is 2.99. The zero-order chi connectivity index (χ0) is 13.8. The summed E-state index contributed by atoms with van der Waals surface area (Å²) in [4.78, 5) is 0. The van der Waals surface area contributed by atoms with E-state index in [1.54, 1.807) is 0 Å². The van der Waals surface area contributed by atoms with Crippen LogP contribution in [0.3, 0.4) is 0 Å². The fraction of sp³-hybridized carbons (Fsp3) is 0.286. The Labute approximate surface area is 118 Å². The van der Waals surface area contributed by atoms with Gasteiger partial charge in [0, 0.05) is 5.69 Å². The maximum Gasteiger partial charge on any atom is 0.175 e. The third kappa shape index (κ3) is 3.32. The highest BCUT2D eigenvalue weighted by molar-refractivity contribution is 7.80. The van der Waals surface area contributed by atoms with Crippen LogP contribution in [0.25, 0.3) is 0 Å². The minimum atomic E-state index is 0.567. The van der Waals surface area contributed by atoms with E-state index >= 15 is 0 Å². The lowest BCUT2D eigenvalue weighted by molar-refractivity contribution is 1.02. The highest BCUT2D eigenvalue weighted by atomic mass is 32.1. The molecule has 100 valence electrons. The molecule has 19 heavy (non-hydrogen) atoms. The number of rotatable bonds is 3. The fourth-order valence-electron chi connectivity index (χ4n) is 1.83. The lowest BCUT2D eigenvalue weighted by Crippen LogP contribution is -2.19. The van der Waals surface area contributed by atoms with Crippen molar-refractivity contribution < 1.29 is 0 Å². The van der Waals surface area contributed by atoms with E-state index in [0.717, 1.165) is 29.2 Å². The molecule has 4 nitrogen and oxygen atoms in total. The van der Waals surface area contributed by atoms with Crippen LogP contribution in [0.4, 0.5) is 11.4 Å². The monoisotopic (exact) mass is 274 g/mol. The second-order valence-corrected chi connectivity index (χ2v) is 4.85. The lowest BCUT2D eigenvalue weighted by Gasteiger charge is -2.11. The quantitative estimate of drug-likeness (QED) is 0.751. The maximum atomic E-state index is 5.30. The normalized spacial score (nSPS) is 10.3. The number of aromatic amines is 1. The molecule has 2 rings (SSSR count). The molecule has 0 bridgehead atoms. The van der Waals surface area contributed by atoms with Crippen LogP contribution in [-0.2, 0) is 6.42 Å². The molecule has 1 heterocycles. The number of hydrogen-bond donors (Lipinski definition) is 3. The number of H-pyrrole nitrogens is 1. The highest BCUT2D eigenvalue weighted by Crippen LogP contribution is 2.17. The van der Waals surface area contributed by atoms with Crippen LogP contribution in [0.5, 0.6) is 0 Å². The summed E-state index contributed by atoms with van der Waals surface area (Å²) >= 11 is 5.30. The average molecular weight is 274 g/mol. The molecule has 0 unspecified atom stereocenters. The molecular weight excluding hydrogens is 256 g/mol. The van der Waals surface area contributed by atoms with Crippen LogP contribution in [0.15, 0.2) is 24.3 Å². The number of hydrogen-bond acceptors (Lipinski definition) is 2. The van der Waals surface area contributed by atoms with Gasteiger partial charge in [-0.2, -0.15) is 5.10 Å². The molecule has 0 fully saturated rings. The highest BCUT2D eigenvalue weighted by Gasteiger charge is 2.07. The summed E-state index contributed by atoms with van der Waals surface area (Å²) in [6.07, 6.45) is 1.04. The van der Waals surface area contributed by atoms with Gasteiger partial charge in [0.2, 0.25) is 0 Å². The van der Waals surface area contributed by atoms with Crippen molar-refractivity contribution in [3.63, 3.8) is 0 Å². The van der Waals surface area contributed by atoms with Crippen molar-refractivity contribution in [3.8, 4) is 0 Å². The van der Waals surface area contributed by atoms with Crippen LogP contribution in [0.1, 0.15) is 23.9 Å². The first-order chi connectivity index (χ1) is 9.10. The number of aryl methyl sites for hydroxylation is 3. The second-order valence-electron chi connectivity index (χ2n) is 4.44. The molecule has 5 heteroatoms. The van der Waals surface area contributed by atoms with Gasteiger partial charge in [-0.05, 0) is 50.2 Å². The first-order valence-electron chi connectivity index (χ1n) is 6.28. The van der Waals surface area contributed by atoms with Gasteiger partial charge in [-0.25, -0.2) is 0 Å². The van der Waals surface area contributed by atoms with Crippen LogP contribution < -0.4 is 10.6 Å². The molecule has 0 radical (unpaired) electrons. The molecular formula is C14H18N4S. The molecule has 0 saturated carbocycles. The largest absolute Gasteiger partial charge is 0.332 e. The van der Waals surface area contributed by atoms with E-state index in [-0.39, 0.29) is 0 Å². The van der Waals surface area contributed by atoms with Gasteiger partial charge in [-0.15, -0.1) is 0 Å². The first kappa shape index (κ1) is 13.5. The van der Waals surface area contributed by atoms with Crippen LogP contribution in [0.2, 0.25) is 0 Å². The van der Waals surface area contributed by atoms with Gasteiger partial charge >= 0.3 is 0 Å². The number of aromatic nitrogens is 2. The van der Waals surface area contributed by atoms with Gasteiger partial charge in [-0.3, -0.25) is 5.10 Å². The molecule has 0 aliphatic carbocycles. The number of nitrogens with one attached hydrogen (secondary N) is 3. The first-order valence-corrected chi connectivity index (χ1v) is 6.69. The third-order valence-corrected chi connectivity index (χ3v) is 3.19. The average Bonchev–Trinajstić information content (AvgIpc) is 2.71. The van der Waals surface area contributed by atoms with E-state index in [9.17, 15) is 0 Å². The molecule has 0 amide bonds. The summed E-state index contributed by atoms with van der Waals surface area (Å²) in [5.41, 5.74) is 5.10. The fourth-order valence-corrected chi connectivity index (χ4v) is 2.05. The Hall–Kier alpha value is -1.88. The lowest BCUT2D eigenvalue weighted by atomic mass is 10.1. The Morgan fingerprint density at radius 3 is 2.42 bits per heavy atom. The van der Waals surface area contributed by atoms with Crippen molar-refractivity contribution in [1.29, 1.82) is 0 Å². The smallest absolute Gasteiger partial charge is 0.175 e. The Kier molecular flexibility index (Phi) is 4.16. The van der Waals surface area contributed by atoms with Gasteiger partial charge in [0.15, 0.2) is 5.11 Å². The summed E-state index contributed by atoms with van der Waals surface area (Å²) in [6.45, 7) is 6.03. The molecule has 0 saturated heterocycles. The van der Waals surface area contributed by atoms with E-state index < -0.39 is 0 Å². The maximum absolute atomic E-state index is 5.30. The summed E-state index contributed by atoms with van der Waals surface area (Å²) in [5.74, 6) is 0. The summed E-state index contributed by atoms with van der Waals surface area (Å²) in [6, 6.07) is 8.25. The molecule has 0 aliphatic heterocycles. The van der Waals surface area contributed by atoms with Crippen molar-refractivity contribution in [3.05, 3.63) is 41.2 Å². The molecule has 0 spiro atoms. The summed E-state index contributed by atoms with van der Waals surface area (Å²) < 4.78 is 0. The van der Waals surface area contributed by atoms with E-state index in [0.29, 0.717) is 5.11 Å². The summed E-state index contributed by atoms with van der Waals surface area (Å²) in [7, 11) is 0. The Bertz CT molecular complexity index is 552. The Morgan fingerprint density at radius 1 is 1.21 bits per heavy atom. The molecule has 0 atom stereocenters. The number of nitrogens with zero attached hydrogens (tertiary/aromatic N) is 1. The number of anilines is 2. The second kappa shape index (κ2) is 5.84.